The summed E-state index contributed by atoms with van der Waals surface area (Å²) in [6, 6.07) is 2.33. The second kappa shape index (κ2) is 4.42. The summed E-state index contributed by atoms with van der Waals surface area (Å²) in [4.78, 5) is 4.23. The molecule has 3 nitrogen and oxygen atoms in total. The molecule has 0 amide bonds. The number of hydrogen-bond acceptors (Lipinski definition) is 3. The van der Waals surface area contributed by atoms with Gasteiger partial charge in [0.15, 0.2) is 0 Å². The fourth-order valence-corrected chi connectivity index (χ4v) is 1.38. The molecule has 1 unspecified atom stereocenters. The Bertz CT molecular complexity index is 308. The third-order valence-corrected chi connectivity index (χ3v) is 2.04. The Kier molecular flexibility index (Phi) is 3.47. The van der Waals surface area contributed by atoms with E-state index < -0.39 is 6.10 Å². The highest BCUT2D eigenvalue weighted by molar-refractivity contribution is 5.41. The lowest BCUT2D eigenvalue weighted by molar-refractivity contribution is 0.198. The molecule has 1 rings (SSSR count). The highest BCUT2D eigenvalue weighted by Crippen LogP contribution is 2.18. The molecule has 14 heavy (non-hydrogen) atoms. The van der Waals surface area contributed by atoms with Crippen LogP contribution < -0.4 is 5.32 Å². The summed E-state index contributed by atoms with van der Waals surface area (Å²) in [6.07, 6.45) is 1.28. The third kappa shape index (κ3) is 2.70. The summed E-state index contributed by atoms with van der Waals surface area (Å²) in [5, 5.41) is 12.6. The number of hydrogen-bond donors (Lipinski definition) is 2. The number of aromatic nitrogens is 1. The quantitative estimate of drug-likeness (QED) is 0.775. The third-order valence-electron chi connectivity index (χ3n) is 2.04. The van der Waals surface area contributed by atoms with E-state index in [1.165, 1.54) is 0 Å². The highest BCUT2D eigenvalue weighted by atomic mass is 16.3. The van der Waals surface area contributed by atoms with E-state index in [9.17, 15) is 5.11 Å². The summed E-state index contributed by atoms with van der Waals surface area (Å²) >= 11 is 0. The number of aliphatic hydroxyl groups is 1. The molecular weight excluding hydrogens is 176 g/mol. The van der Waals surface area contributed by atoms with Gasteiger partial charge in [-0.1, -0.05) is 0 Å². The van der Waals surface area contributed by atoms with E-state index in [-0.39, 0.29) is 0 Å². The summed E-state index contributed by atoms with van der Waals surface area (Å²) in [6.45, 7) is 7.87. The van der Waals surface area contributed by atoms with Gasteiger partial charge >= 0.3 is 0 Å². The van der Waals surface area contributed by atoms with E-state index >= 15 is 0 Å². The Morgan fingerprint density at radius 1 is 1.36 bits per heavy atom. The van der Waals surface area contributed by atoms with Crippen molar-refractivity contribution in [1.82, 2.24) is 4.98 Å². The average Bonchev–Trinajstić information content (AvgIpc) is 2.01. The summed E-state index contributed by atoms with van der Waals surface area (Å²) in [7, 11) is 0. The van der Waals surface area contributed by atoms with Crippen molar-refractivity contribution in [2.45, 2.75) is 39.8 Å². The van der Waals surface area contributed by atoms with Crippen LogP contribution in [0.15, 0.2) is 12.3 Å². The molecule has 0 aliphatic carbocycles. The molecule has 0 aliphatic rings. The van der Waals surface area contributed by atoms with Gasteiger partial charge in [0.1, 0.15) is 5.82 Å². The van der Waals surface area contributed by atoms with Crippen molar-refractivity contribution in [2.75, 3.05) is 5.32 Å². The Balaban J connectivity index is 2.89. The standard InChI is InChI=1S/C11H18N2O/c1-7(2)13-11-5-8(3)10(6-12-11)9(4)14/h5-7,9,14H,1-4H3,(H,12,13). The second-order valence-electron chi connectivity index (χ2n) is 3.90. The normalized spacial score (nSPS) is 13.0. The zero-order valence-corrected chi connectivity index (χ0v) is 9.20. The van der Waals surface area contributed by atoms with Gasteiger partial charge in [-0.2, -0.15) is 0 Å². The van der Waals surface area contributed by atoms with Crippen LogP contribution in [-0.2, 0) is 0 Å². The minimum absolute atomic E-state index is 0.374. The summed E-state index contributed by atoms with van der Waals surface area (Å²) < 4.78 is 0. The number of aliphatic hydroxyl groups excluding tert-OH is 1. The van der Waals surface area contributed by atoms with E-state index in [4.69, 9.17) is 0 Å². The first-order valence-electron chi connectivity index (χ1n) is 4.92. The van der Waals surface area contributed by atoms with Gasteiger partial charge in [-0.25, -0.2) is 4.98 Å². The maximum Gasteiger partial charge on any atom is 0.126 e. The minimum Gasteiger partial charge on any atom is -0.389 e. The molecule has 1 aromatic rings. The Hall–Kier alpha value is -1.09. The molecular formula is C11H18N2O. The van der Waals surface area contributed by atoms with Crippen LogP contribution in [0.3, 0.4) is 0 Å². The number of nitrogens with one attached hydrogen (secondary N) is 1. The lowest BCUT2D eigenvalue weighted by Crippen LogP contribution is -2.11. The summed E-state index contributed by atoms with van der Waals surface area (Å²) in [5.74, 6) is 0.863. The molecule has 2 N–H and O–H groups in total. The van der Waals surface area contributed by atoms with Gasteiger partial charge < -0.3 is 10.4 Å². The Labute approximate surface area is 85.2 Å². The highest BCUT2D eigenvalue weighted by Gasteiger charge is 2.06. The van der Waals surface area contributed by atoms with Crippen LogP contribution in [0.4, 0.5) is 5.82 Å². The lowest BCUT2D eigenvalue weighted by Gasteiger charge is -2.12. The van der Waals surface area contributed by atoms with Crippen LogP contribution >= 0.6 is 0 Å². The zero-order valence-electron chi connectivity index (χ0n) is 9.20. The molecule has 1 atom stereocenters. The van der Waals surface area contributed by atoms with Crippen LogP contribution in [0.2, 0.25) is 0 Å². The van der Waals surface area contributed by atoms with E-state index in [0.29, 0.717) is 6.04 Å². The molecule has 78 valence electrons. The van der Waals surface area contributed by atoms with E-state index in [1.807, 2.05) is 13.0 Å². The van der Waals surface area contributed by atoms with Gasteiger partial charge in [0.25, 0.3) is 0 Å². The van der Waals surface area contributed by atoms with Gasteiger partial charge in [0.05, 0.1) is 6.10 Å². The number of aryl methyl sites for hydroxylation is 1. The first-order chi connectivity index (χ1) is 6.50. The number of anilines is 1. The molecule has 0 saturated heterocycles. The largest absolute Gasteiger partial charge is 0.389 e. The number of rotatable bonds is 3. The van der Waals surface area contributed by atoms with Crippen LogP contribution in [0.25, 0.3) is 0 Å². The molecule has 3 heteroatoms. The number of nitrogens with zero attached hydrogens (tertiary/aromatic N) is 1. The minimum atomic E-state index is -0.449. The molecule has 1 aromatic heterocycles. The van der Waals surface area contributed by atoms with Crippen molar-refractivity contribution in [2.24, 2.45) is 0 Å². The van der Waals surface area contributed by atoms with Crippen molar-refractivity contribution in [1.29, 1.82) is 0 Å². The average molecular weight is 194 g/mol. The van der Waals surface area contributed by atoms with Crippen LogP contribution in [-0.4, -0.2) is 16.1 Å². The van der Waals surface area contributed by atoms with Crippen molar-refractivity contribution < 1.29 is 5.11 Å². The van der Waals surface area contributed by atoms with Gasteiger partial charge in [0, 0.05) is 17.8 Å². The van der Waals surface area contributed by atoms with E-state index in [0.717, 1.165) is 16.9 Å². The van der Waals surface area contributed by atoms with Crippen LogP contribution in [0.5, 0.6) is 0 Å². The monoisotopic (exact) mass is 194 g/mol. The SMILES string of the molecule is Cc1cc(NC(C)C)ncc1C(C)O. The fourth-order valence-electron chi connectivity index (χ4n) is 1.38. The second-order valence-corrected chi connectivity index (χ2v) is 3.90. The van der Waals surface area contributed by atoms with Crippen LogP contribution in [0, 0.1) is 6.92 Å². The van der Waals surface area contributed by atoms with Crippen molar-refractivity contribution >= 4 is 5.82 Å². The first kappa shape index (κ1) is 11.0. The molecule has 0 saturated carbocycles. The summed E-state index contributed by atoms with van der Waals surface area (Å²) in [5.41, 5.74) is 1.96. The fraction of sp³-hybridized carbons (Fsp3) is 0.545. The molecule has 0 bridgehead atoms. The van der Waals surface area contributed by atoms with Crippen molar-refractivity contribution in [3.63, 3.8) is 0 Å². The van der Waals surface area contributed by atoms with Gasteiger partial charge in [0.2, 0.25) is 0 Å². The molecule has 0 fully saturated rings. The van der Waals surface area contributed by atoms with E-state index in [1.54, 1.807) is 13.1 Å². The van der Waals surface area contributed by atoms with Gasteiger partial charge in [-0.05, 0) is 39.3 Å². The Morgan fingerprint density at radius 2 is 2.00 bits per heavy atom. The number of pyridine rings is 1. The van der Waals surface area contributed by atoms with Crippen molar-refractivity contribution in [3.8, 4) is 0 Å². The maximum absolute atomic E-state index is 9.42. The molecule has 1 heterocycles. The predicted molar refractivity (Wildman–Crippen MR) is 58.4 cm³/mol. The zero-order chi connectivity index (χ0) is 10.7. The molecule has 0 aliphatic heterocycles. The molecule has 0 aromatic carbocycles. The molecule has 0 radical (unpaired) electrons. The lowest BCUT2D eigenvalue weighted by atomic mass is 10.1. The predicted octanol–water partition coefficient (Wildman–Crippen LogP) is 2.26. The van der Waals surface area contributed by atoms with E-state index in [2.05, 4.69) is 24.1 Å². The van der Waals surface area contributed by atoms with Gasteiger partial charge in [-0.15, -0.1) is 0 Å². The van der Waals surface area contributed by atoms with Crippen molar-refractivity contribution in [3.05, 3.63) is 23.4 Å². The Morgan fingerprint density at radius 3 is 2.43 bits per heavy atom. The van der Waals surface area contributed by atoms with Gasteiger partial charge in [-0.3, -0.25) is 0 Å². The maximum atomic E-state index is 9.42. The molecule has 0 spiro atoms. The smallest absolute Gasteiger partial charge is 0.126 e. The van der Waals surface area contributed by atoms with Crippen LogP contribution in [0.1, 0.15) is 38.0 Å². The first-order valence-corrected chi connectivity index (χ1v) is 4.92. The topological polar surface area (TPSA) is 45.2 Å².